The van der Waals surface area contributed by atoms with E-state index >= 15 is 0 Å². The SMILES string of the molecule is O=c1[nH]c(Cc2ccccc2Br)nc2c1CCCCC2. The van der Waals surface area contributed by atoms with Crippen LogP contribution >= 0.6 is 15.9 Å². The van der Waals surface area contributed by atoms with Crippen molar-refractivity contribution in [3.05, 3.63) is 61.7 Å². The van der Waals surface area contributed by atoms with Gasteiger partial charge in [0.2, 0.25) is 0 Å². The Kier molecular flexibility index (Phi) is 4.01. The van der Waals surface area contributed by atoms with E-state index in [1.165, 1.54) is 6.42 Å². The Balaban J connectivity index is 1.95. The van der Waals surface area contributed by atoms with E-state index in [1.54, 1.807) is 0 Å². The molecule has 0 spiro atoms. The van der Waals surface area contributed by atoms with Gasteiger partial charge in [0.1, 0.15) is 5.82 Å². The maximum absolute atomic E-state index is 12.2. The first-order valence-corrected chi connectivity index (χ1v) is 7.87. The maximum atomic E-state index is 12.2. The lowest BCUT2D eigenvalue weighted by Gasteiger charge is -2.08. The first-order chi connectivity index (χ1) is 9.74. The monoisotopic (exact) mass is 332 g/mol. The summed E-state index contributed by atoms with van der Waals surface area (Å²) in [4.78, 5) is 19.9. The van der Waals surface area contributed by atoms with Gasteiger partial charge in [-0.2, -0.15) is 0 Å². The Hall–Kier alpha value is -1.42. The molecule has 0 radical (unpaired) electrons. The zero-order chi connectivity index (χ0) is 13.9. The molecule has 1 aromatic heterocycles. The lowest BCUT2D eigenvalue weighted by molar-refractivity contribution is 0.708. The van der Waals surface area contributed by atoms with Crippen molar-refractivity contribution in [2.75, 3.05) is 0 Å². The molecule has 0 bridgehead atoms. The lowest BCUT2D eigenvalue weighted by Crippen LogP contribution is -2.20. The Morgan fingerprint density at radius 3 is 2.80 bits per heavy atom. The second-order valence-corrected chi connectivity index (χ2v) is 6.12. The summed E-state index contributed by atoms with van der Waals surface area (Å²) >= 11 is 3.54. The second kappa shape index (κ2) is 5.92. The number of nitrogens with one attached hydrogen (secondary N) is 1. The number of aromatic amines is 1. The third-order valence-electron chi connectivity index (χ3n) is 3.81. The van der Waals surface area contributed by atoms with Gasteiger partial charge in [-0.1, -0.05) is 40.5 Å². The fraction of sp³-hybridized carbons (Fsp3) is 0.375. The van der Waals surface area contributed by atoms with Gasteiger partial charge in [-0.3, -0.25) is 4.79 Å². The second-order valence-electron chi connectivity index (χ2n) is 5.27. The van der Waals surface area contributed by atoms with Crippen LogP contribution in [0.15, 0.2) is 33.5 Å². The van der Waals surface area contributed by atoms with Crippen molar-refractivity contribution >= 4 is 15.9 Å². The van der Waals surface area contributed by atoms with Gasteiger partial charge in [0.25, 0.3) is 5.56 Å². The molecule has 20 heavy (non-hydrogen) atoms. The molecule has 1 aliphatic rings. The predicted octanol–water partition coefficient (Wildman–Crippen LogP) is 3.39. The Bertz CT molecular complexity index is 678. The van der Waals surface area contributed by atoms with Crippen LogP contribution in [-0.2, 0) is 19.3 Å². The number of benzene rings is 1. The highest BCUT2D eigenvalue weighted by atomic mass is 79.9. The van der Waals surface area contributed by atoms with Crippen molar-refractivity contribution < 1.29 is 0 Å². The normalized spacial score (nSPS) is 14.7. The van der Waals surface area contributed by atoms with Crippen LogP contribution in [0.25, 0.3) is 0 Å². The molecule has 0 amide bonds. The smallest absolute Gasteiger partial charge is 0.254 e. The van der Waals surface area contributed by atoms with E-state index in [4.69, 9.17) is 4.98 Å². The van der Waals surface area contributed by atoms with E-state index in [9.17, 15) is 4.79 Å². The number of hydrogen-bond donors (Lipinski definition) is 1. The summed E-state index contributed by atoms with van der Waals surface area (Å²) in [5, 5.41) is 0. The van der Waals surface area contributed by atoms with Crippen LogP contribution in [0.3, 0.4) is 0 Å². The van der Waals surface area contributed by atoms with Crippen molar-refractivity contribution in [1.29, 1.82) is 0 Å². The van der Waals surface area contributed by atoms with E-state index in [0.717, 1.165) is 52.8 Å². The molecule has 0 fully saturated rings. The number of fused-ring (bicyclic) bond motifs is 1. The zero-order valence-corrected chi connectivity index (χ0v) is 12.9. The van der Waals surface area contributed by atoms with Crippen LogP contribution in [0.5, 0.6) is 0 Å². The van der Waals surface area contributed by atoms with E-state index < -0.39 is 0 Å². The topological polar surface area (TPSA) is 45.8 Å². The van der Waals surface area contributed by atoms with Crippen LogP contribution in [0.2, 0.25) is 0 Å². The quantitative estimate of drug-likeness (QED) is 0.857. The summed E-state index contributed by atoms with van der Waals surface area (Å²) < 4.78 is 1.05. The molecule has 0 saturated carbocycles. The highest BCUT2D eigenvalue weighted by Gasteiger charge is 2.14. The molecule has 3 rings (SSSR count). The van der Waals surface area contributed by atoms with Crippen LogP contribution in [0.1, 0.15) is 41.9 Å². The minimum Gasteiger partial charge on any atom is -0.310 e. The van der Waals surface area contributed by atoms with E-state index in [0.29, 0.717) is 6.42 Å². The predicted molar refractivity (Wildman–Crippen MR) is 83.1 cm³/mol. The molecule has 1 N–H and O–H groups in total. The third kappa shape index (κ3) is 2.85. The zero-order valence-electron chi connectivity index (χ0n) is 11.3. The van der Waals surface area contributed by atoms with Gasteiger partial charge in [0, 0.05) is 16.5 Å². The van der Waals surface area contributed by atoms with Crippen LogP contribution in [-0.4, -0.2) is 9.97 Å². The number of hydrogen-bond acceptors (Lipinski definition) is 2. The average molecular weight is 333 g/mol. The van der Waals surface area contributed by atoms with Crippen LogP contribution in [0, 0.1) is 0 Å². The third-order valence-corrected chi connectivity index (χ3v) is 4.58. The van der Waals surface area contributed by atoms with Crippen LogP contribution < -0.4 is 5.56 Å². The highest BCUT2D eigenvalue weighted by Crippen LogP contribution is 2.20. The van der Waals surface area contributed by atoms with Crippen molar-refractivity contribution in [1.82, 2.24) is 9.97 Å². The largest absolute Gasteiger partial charge is 0.310 e. The fourth-order valence-corrected chi connectivity index (χ4v) is 3.16. The van der Waals surface area contributed by atoms with Crippen molar-refractivity contribution in [2.24, 2.45) is 0 Å². The van der Waals surface area contributed by atoms with Gasteiger partial charge < -0.3 is 4.98 Å². The molecule has 1 heterocycles. The van der Waals surface area contributed by atoms with Gasteiger partial charge >= 0.3 is 0 Å². The summed E-state index contributed by atoms with van der Waals surface area (Å²) in [7, 11) is 0. The number of aryl methyl sites for hydroxylation is 1. The molecule has 0 saturated heterocycles. The van der Waals surface area contributed by atoms with Gasteiger partial charge in [-0.05, 0) is 37.3 Å². The molecule has 1 aromatic carbocycles. The molecular weight excluding hydrogens is 316 g/mol. The molecular formula is C16H17BrN2O. The number of aromatic nitrogens is 2. The Morgan fingerprint density at radius 1 is 1.15 bits per heavy atom. The van der Waals surface area contributed by atoms with Gasteiger partial charge in [-0.15, -0.1) is 0 Å². The molecule has 0 unspecified atom stereocenters. The molecule has 1 aliphatic carbocycles. The van der Waals surface area contributed by atoms with Crippen molar-refractivity contribution in [3.8, 4) is 0 Å². The van der Waals surface area contributed by atoms with Crippen molar-refractivity contribution in [3.63, 3.8) is 0 Å². The minimum atomic E-state index is 0.0546. The van der Waals surface area contributed by atoms with Gasteiger partial charge in [0.15, 0.2) is 0 Å². The Labute approximate surface area is 126 Å². The molecule has 104 valence electrons. The molecule has 2 aromatic rings. The molecule has 3 nitrogen and oxygen atoms in total. The standard InChI is InChI=1S/C16H17BrN2O/c17-13-8-5-4-6-11(13)10-15-18-14-9-3-1-2-7-12(14)16(20)19-15/h4-6,8H,1-3,7,9-10H2,(H,18,19,20). The first-order valence-electron chi connectivity index (χ1n) is 7.08. The fourth-order valence-electron chi connectivity index (χ4n) is 2.74. The highest BCUT2D eigenvalue weighted by molar-refractivity contribution is 9.10. The molecule has 0 atom stereocenters. The molecule has 0 aliphatic heterocycles. The summed E-state index contributed by atoms with van der Waals surface area (Å²) in [5.41, 5.74) is 3.11. The van der Waals surface area contributed by atoms with E-state index in [-0.39, 0.29) is 5.56 Å². The van der Waals surface area contributed by atoms with Crippen LogP contribution in [0.4, 0.5) is 0 Å². The van der Waals surface area contributed by atoms with Crippen molar-refractivity contribution in [2.45, 2.75) is 38.5 Å². The van der Waals surface area contributed by atoms with E-state index in [1.807, 2.05) is 18.2 Å². The average Bonchev–Trinajstić information content (AvgIpc) is 2.67. The maximum Gasteiger partial charge on any atom is 0.254 e. The lowest BCUT2D eigenvalue weighted by atomic mass is 10.1. The van der Waals surface area contributed by atoms with Gasteiger partial charge in [0.05, 0.1) is 5.69 Å². The summed E-state index contributed by atoms with van der Waals surface area (Å²) in [5.74, 6) is 0.766. The summed E-state index contributed by atoms with van der Waals surface area (Å²) in [6.07, 6.45) is 5.88. The summed E-state index contributed by atoms with van der Waals surface area (Å²) in [6.45, 7) is 0. The number of H-pyrrole nitrogens is 1. The molecule has 4 heteroatoms. The number of nitrogens with zero attached hydrogens (tertiary/aromatic N) is 1. The number of rotatable bonds is 2. The number of halogens is 1. The minimum absolute atomic E-state index is 0.0546. The van der Waals surface area contributed by atoms with Gasteiger partial charge in [-0.25, -0.2) is 4.98 Å². The first kappa shape index (κ1) is 13.6. The van der Waals surface area contributed by atoms with E-state index in [2.05, 4.69) is 27.0 Å². The summed E-state index contributed by atoms with van der Waals surface area (Å²) in [6, 6.07) is 8.05. The Morgan fingerprint density at radius 2 is 1.95 bits per heavy atom.